The number of benzene rings is 1. The van der Waals surface area contributed by atoms with E-state index < -0.39 is 0 Å². The third kappa shape index (κ3) is 2.07. The Hall–Kier alpha value is -1.71. The summed E-state index contributed by atoms with van der Waals surface area (Å²) < 4.78 is 0. The smallest absolute Gasteiger partial charge is 0.254 e. The van der Waals surface area contributed by atoms with E-state index in [4.69, 9.17) is 5.73 Å². The SMILES string of the molecule is CC1(C)CCCN1C(=O)c1ccc(N)c(O)c1. The van der Waals surface area contributed by atoms with Gasteiger partial charge in [-0.25, -0.2) is 0 Å². The normalized spacial score (nSPS) is 18.4. The summed E-state index contributed by atoms with van der Waals surface area (Å²) in [5.74, 6) is -0.0735. The maximum absolute atomic E-state index is 12.3. The number of phenolic OH excluding ortho intramolecular Hbond substituents is 1. The molecule has 4 heteroatoms. The van der Waals surface area contributed by atoms with Crippen molar-refractivity contribution in [1.82, 2.24) is 4.90 Å². The lowest BCUT2D eigenvalue weighted by atomic mass is 10.0. The number of phenols is 1. The molecule has 0 unspecified atom stereocenters. The molecule has 1 saturated heterocycles. The van der Waals surface area contributed by atoms with E-state index >= 15 is 0 Å². The zero-order valence-electron chi connectivity index (χ0n) is 10.2. The quantitative estimate of drug-likeness (QED) is 0.577. The molecule has 1 amide bonds. The Bertz CT molecular complexity index is 455. The zero-order valence-corrected chi connectivity index (χ0v) is 10.2. The molecule has 17 heavy (non-hydrogen) atoms. The van der Waals surface area contributed by atoms with Crippen molar-refractivity contribution in [2.24, 2.45) is 0 Å². The second-order valence-corrected chi connectivity index (χ2v) is 5.15. The summed E-state index contributed by atoms with van der Waals surface area (Å²) in [6, 6.07) is 4.66. The summed E-state index contributed by atoms with van der Waals surface area (Å²) in [7, 11) is 0. The second kappa shape index (κ2) is 3.95. The number of hydrogen-bond acceptors (Lipinski definition) is 3. The second-order valence-electron chi connectivity index (χ2n) is 5.15. The van der Waals surface area contributed by atoms with Crippen LogP contribution < -0.4 is 5.73 Å². The maximum atomic E-state index is 12.3. The fourth-order valence-corrected chi connectivity index (χ4v) is 2.32. The van der Waals surface area contributed by atoms with Gasteiger partial charge in [-0.3, -0.25) is 4.79 Å². The van der Waals surface area contributed by atoms with Crippen LogP contribution in [-0.2, 0) is 0 Å². The molecule has 1 aromatic carbocycles. The lowest BCUT2D eigenvalue weighted by molar-refractivity contribution is 0.0651. The van der Waals surface area contributed by atoms with E-state index in [-0.39, 0.29) is 17.2 Å². The van der Waals surface area contributed by atoms with Crippen molar-refractivity contribution in [3.8, 4) is 5.75 Å². The minimum Gasteiger partial charge on any atom is -0.506 e. The van der Waals surface area contributed by atoms with Gasteiger partial charge in [0.1, 0.15) is 5.75 Å². The van der Waals surface area contributed by atoms with Crippen LogP contribution in [0.4, 0.5) is 5.69 Å². The average Bonchev–Trinajstić information content (AvgIpc) is 2.61. The van der Waals surface area contributed by atoms with E-state index in [9.17, 15) is 9.90 Å². The highest BCUT2D eigenvalue weighted by molar-refractivity contribution is 5.95. The van der Waals surface area contributed by atoms with Crippen molar-refractivity contribution in [2.75, 3.05) is 12.3 Å². The van der Waals surface area contributed by atoms with E-state index in [1.54, 1.807) is 12.1 Å². The molecular formula is C13H18N2O2. The Labute approximate surface area is 101 Å². The van der Waals surface area contributed by atoms with Gasteiger partial charge >= 0.3 is 0 Å². The van der Waals surface area contributed by atoms with Gasteiger partial charge in [-0.05, 0) is 44.9 Å². The van der Waals surface area contributed by atoms with Gasteiger partial charge in [0, 0.05) is 17.6 Å². The number of aromatic hydroxyl groups is 1. The Balaban J connectivity index is 2.28. The molecular weight excluding hydrogens is 216 g/mol. The summed E-state index contributed by atoms with van der Waals surface area (Å²) in [5.41, 5.74) is 6.20. The van der Waals surface area contributed by atoms with Crippen molar-refractivity contribution in [1.29, 1.82) is 0 Å². The predicted octanol–water partition coefficient (Wildman–Crippen LogP) is 1.99. The summed E-state index contributed by atoms with van der Waals surface area (Å²) in [4.78, 5) is 14.2. The molecule has 0 spiro atoms. The Morgan fingerprint density at radius 3 is 2.71 bits per heavy atom. The van der Waals surface area contributed by atoms with Crippen LogP contribution in [0.2, 0.25) is 0 Å². The first-order valence-electron chi connectivity index (χ1n) is 5.82. The first kappa shape index (κ1) is 11.8. The van der Waals surface area contributed by atoms with Gasteiger partial charge in [-0.2, -0.15) is 0 Å². The van der Waals surface area contributed by atoms with E-state index in [0.29, 0.717) is 11.3 Å². The first-order valence-corrected chi connectivity index (χ1v) is 5.82. The lowest BCUT2D eigenvalue weighted by Crippen LogP contribution is -2.42. The molecule has 0 atom stereocenters. The Morgan fingerprint density at radius 2 is 2.18 bits per heavy atom. The van der Waals surface area contributed by atoms with Crippen LogP contribution in [0.1, 0.15) is 37.0 Å². The van der Waals surface area contributed by atoms with Crippen molar-refractivity contribution in [3.63, 3.8) is 0 Å². The summed E-state index contributed by atoms with van der Waals surface area (Å²) in [5, 5.41) is 9.53. The molecule has 1 aromatic rings. The Kier molecular flexibility index (Phi) is 2.73. The molecule has 0 bridgehead atoms. The first-order chi connectivity index (χ1) is 7.92. The van der Waals surface area contributed by atoms with Crippen molar-refractivity contribution >= 4 is 11.6 Å². The molecule has 0 radical (unpaired) electrons. The molecule has 1 fully saturated rings. The number of likely N-dealkylation sites (tertiary alicyclic amines) is 1. The minimum atomic E-state index is -0.103. The molecule has 1 heterocycles. The fraction of sp³-hybridized carbons (Fsp3) is 0.462. The predicted molar refractivity (Wildman–Crippen MR) is 66.9 cm³/mol. The molecule has 0 aliphatic carbocycles. The topological polar surface area (TPSA) is 66.6 Å². The minimum absolute atomic E-state index is 0.0344. The summed E-state index contributed by atoms with van der Waals surface area (Å²) >= 11 is 0. The third-order valence-electron chi connectivity index (χ3n) is 3.42. The number of carbonyl (C=O) groups is 1. The molecule has 1 aliphatic rings. The Morgan fingerprint density at radius 1 is 1.47 bits per heavy atom. The maximum Gasteiger partial charge on any atom is 0.254 e. The summed E-state index contributed by atoms with van der Waals surface area (Å²) in [6.07, 6.45) is 2.04. The van der Waals surface area contributed by atoms with Gasteiger partial charge in [0.05, 0.1) is 5.69 Å². The van der Waals surface area contributed by atoms with Crippen LogP contribution in [0.5, 0.6) is 5.75 Å². The van der Waals surface area contributed by atoms with Crippen molar-refractivity contribution in [3.05, 3.63) is 23.8 Å². The van der Waals surface area contributed by atoms with Crippen LogP contribution in [0, 0.1) is 0 Å². The third-order valence-corrected chi connectivity index (χ3v) is 3.42. The van der Waals surface area contributed by atoms with Crippen LogP contribution in [0.15, 0.2) is 18.2 Å². The number of amides is 1. The molecule has 92 valence electrons. The van der Waals surface area contributed by atoms with Crippen LogP contribution in [0.3, 0.4) is 0 Å². The largest absolute Gasteiger partial charge is 0.506 e. The number of nitrogen functional groups attached to an aromatic ring is 1. The lowest BCUT2D eigenvalue weighted by Gasteiger charge is -2.31. The number of hydrogen-bond donors (Lipinski definition) is 2. The highest BCUT2D eigenvalue weighted by Gasteiger charge is 2.35. The number of nitrogens with zero attached hydrogens (tertiary/aromatic N) is 1. The molecule has 0 saturated carbocycles. The van der Waals surface area contributed by atoms with E-state index in [0.717, 1.165) is 19.4 Å². The van der Waals surface area contributed by atoms with Gasteiger partial charge < -0.3 is 15.7 Å². The van der Waals surface area contributed by atoms with Gasteiger partial charge in [0.15, 0.2) is 0 Å². The van der Waals surface area contributed by atoms with Gasteiger partial charge in [0.25, 0.3) is 5.91 Å². The van der Waals surface area contributed by atoms with Crippen LogP contribution in [0.25, 0.3) is 0 Å². The highest BCUT2D eigenvalue weighted by Crippen LogP contribution is 2.31. The molecule has 3 N–H and O–H groups in total. The van der Waals surface area contributed by atoms with Crippen LogP contribution >= 0.6 is 0 Å². The van der Waals surface area contributed by atoms with E-state index in [2.05, 4.69) is 13.8 Å². The van der Waals surface area contributed by atoms with E-state index in [1.165, 1.54) is 6.07 Å². The van der Waals surface area contributed by atoms with Gasteiger partial charge in [0.2, 0.25) is 0 Å². The van der Waals surface area contributed by atoms with Crippen molar-refractivity contribution < 1.29 is 9.90 Å². The zero-order chi connectivity index (χ0) is 12.6. The standard InChI is InChI=1S/C13H18N2O2/c1-13(2)6-3-7-15(13)12(17)9-4-5-10(14)11(16)8-9/h4-5,8,16H,3,6-7,14H2,1-2H3. The molecule has 4 nitrogen and oxygen atoms in total. The number of rotatable bonds is 1. The van der Waals surface area contributed by atoms with Crippen LogP contribution in [-0.4, -0.2) is 28.0 Å². The number of anilines is 1. The average molecular weight is 234 g/mol. The molecule has 1 aliphatic heterocycles. The van der Waals surface area contributed by atoms with Gasteiger partial charge in [-0.1, -0.05) is 0 Å². The molecule has 0 aromatic heterocycles. The monoisotopic (exact) mass is 234 g/mol. The number of nitrogens with two attached hydrogens (primary N) is 1. The van der Waals surface area contributed by atoms with Crippen molar-refractivity contribution in [2.45, 2.75) is 32.2 Å². The fourth-order valence-electron chi connectivity index (χ4n) is 2.32. The van der Waals surface area contributed by atoms with E-state index in [1.807, 2.05) is 4.90 Å². The molecule has 2 rings (SSSR count). The highest BCUT2D eigenvalue weighted by atomic mass is 16.3. The summed E-state index contributed by atoms with van der Waals surface area (Å²) in [6.45, 7) is 4.90. The van der Waals surface area contributed by atoms with Gasteiger partial charge in [-0.15, -0.1) is 0 Å². The number of carbonyl (C=O) groups excluding carboxylic acids is 1.